The predicted octanol–water partition coefficient (Wildman–Crippen LogP) is 3.09. The van der Waals surface area contributed by atoms with Crippen molar-refractivity contribution in [1.82, 2.24) is 9.78 Å². The van der Waals surface area contributed by atoms with Gasteiger partial charge in [0.25, 0.3) is 5.56 Å². The van der Waals surface area contributed by atoms with Gasteiger partial charge in [0.15, 0.2) is 0 Å². The molecule has 0 saturated carbocycles. The van der Waals surface area contributed by atoms with Crippen molar-refractivity contribution in [2.24, 2.45) is 0 Å². The van der Waals surface area contributed by atoms with Crippen molar-refractivity contribution in [2.45, 2.75) is 12.2 Å². The molecule has 0 radical (unpaired) electrons. The Morgan fingerprint density at radius 2 is 1.70 bits per heavy atom. The molecule has 3 rings (SSSR count). The van der Waals surface area contributed by atoms with Crippen molar-refractivity contribution in [2.75, 3.05) is 5.33 Å². The molecule has 0 fully saturated rings. The van der Waals surface area contributed by atoms with Gasteiger partial charge in [-0.2, -0.15) is 9.78 Å². The van der Waals surface area contributed by atoms with Gasteiger partial charge in [0.2, 0.25) is 0 Å². The predicted molar refractivity (Wildman–Crippen MR) is 107 cm³/mol. The van der Waals surface area contributed by atoms with Gasteiger partial charge in [0.05, 0.1) is 17.6 Å². The summed E-state index contributed by atoms with van der Waals surface area (Å²) in [6.45, 7) is 0. The van der Waals surface area contributed by atoms with Gasteiger partial charge in [-0.05, 0) is 41.8 Å². The van der Waals surface area contributed by atoms with E-state index in [2.05, 4.69) is 21.0 Å². The normalized spacial score (nSPS) is 11.1. The van der Waals surface area contributed by atoms with Gasteiger partial charge in [-0.15, -0.1) is 0 Å². The highest BCUT2D eigenvalue weighted by atomic mass is 79.9. The molecule has 27 heavy (non-hydrogen) atoms. The summed E-state index contributed by atoms with van der Waals surface area (Å²) in [5, 5.41) is 4.83. The lowest BCUT2D eigenvalue weighted by molar-refractivity contribution is 0.614. The Balaban J connectivity index is 2.07. The summed E-state index contributed by atoms with van der Waals surface area (Å²) in [4.78, 5) is 13.0. The van der Waals surface area contributed by atoms with E-state index in [4.69, 9.17) is 0 Å². The lowest BCUT2D eigenvalue weighted by Crippen LogP contribution is -2.25. The summed E-state index contributed by atoms with van der Waals surface area (Å²) in [5.41, 5.74) is 2.95. The Morgan fingerprint density at radius 3 is 2.30 bits per heavy atom. The molecule has 1 aromatic heterocycles. The first kappa shape index (κ1) is 19.4. The molecule has 0 saturated heterocycles. The van der Waals surface area contributed by atoms with Gasteiger partial charge < -0.3 is 0 Å². The van der Waals surface area contributed by atoms with Crippen LogP contribution in [0.25, 0.3) is 16.8 Å². The zero-order chi connectivity index (χ0) is 19.4. The third kappa shape index (κ3) is 4.51. The van der Waals surface area contributed by atoms with Crippen LogP contribution in [-0.2, 0) is 22.9 Å². The third-order valence-electron chi connectivity index (χ3n) is 4.07. The van der Waals surface area contributed by atoms with E-state index in [1.807, 2.05) is 0 Å². The molecule has 0 aliphatic rings. The number of halogens is 2. The number of thiol groups is 1. The van der Waals surface area contributed by atoms with E-state index in [-0.39, 0.29) is 17.1 Å². The summed E-state index contributed by atoms with van der Waals surface area (Å²) in [5.74, 6) is -0.405. The van der Waals surface area contributed by atoms with Crippen LogP contribution in [-0.4, -0.2) is 23.5 Å². The van der Waals surface area contributed by atoms with Crippen molar-refractivity contribution in [3.8, 4) is 16.8 Å². The first-order valence-corrected chi connectivity index (χ1v) is 10.6. The van der Waals surface area contributed by atoms with Crippen LogP contribution in [0.4, 0.5) is 4.39 Å². The number of benzene rings is 2. The SMILES string of the molecule is O=c1c(CCBr)c(-c2ccc(C[SH](=O)=O)cc2)cnn1-c1ccc(F)cc1. The Morgan fingerprint density at radius 1 is 1.04 bits per heavy atom. The van der Waals surface area contributed by atoms with Crippen LogP contribution in [0.3, 0.4) is 0 Å². The molecule has 0 amide bonds. The Labute approximate surface area is 165 Å². The molecule has 0 aliphatic heterocycles. The second kappa shape index (κ2) is 8.58. The lowest BCUT2D eigenvalue weighted by atomic mass is 10.0. The largest absolute Gasteiger partial charge is 0.275 e. The first-order chi connectivity index (χ1) is 13.0. The van der Waals surface area contributed by atoms with Gasteiger partial charge in [-0.3, -0.25) is 4.79 Å². The summed E-state index contributed by atoms with van der Waals surface area (Å²) in [6, 6.07) is 12.6. The molecule has 0 aliphatic carbocycles. The lowest BCUT2D eigenvalue weighted by Gasteiger charge is -2.12. The first-order valence-electron chi connectivity index (χ1n) is 8.14. The molecule has 0 spiro atoms. The highest BCUT2D eigenvalue weighted by Crippen LogP contribution is 2.23. The Kier molecular flexibility index (Phi) is 6.18. The van der Waals surface area contributed by atoms with Crippen LogP contribution in [0.1, 0.15) is 11.1 Å². The van der Waals surface area contributed by atoms with Crippen molar-refractivity contribution in [1.29, 1.82) is 0 Å². The fraction of sp³-hybridized carbons (Fsp3) is 0.158. The summed E-state index contributed by atoms with van der Waals surface area (Å²) >= 11 is 3.37. The molecule has 5 nitrogen and oxygen atoms in total. The molecule has 0 unspecified atom stereocenters. The highest BCUT2D eigenvalue weighted by molar-refractivity contribution is 9.09. The van der Waals surface area contributed by atoms with E-state index >= 15 is 0 Å². The number of rotatable bonds is 6. The van der Waals surface area contributed by atoms with Crippen molar-refractivity contribution >= 4 is 26.6 Å². The fourth-order valence-electron chi connectivity index (χ4n) is 2.78. The monoisotopic (exact) mass is 450 g/mol. The molecule has 8 heteroatoms. The topological polar surface area (TPSA) is 69.0 Å². The van der Waals surface area contributed by atoms with E-state index in [1.165, 1.54) is 28.9 Å². The average Bonchev–Trinajstić information content (AvgIpc) is 2.65. The summed E-state index contributed by atoms with van der Waals surface area (Å²) < 4.78 is 36.1. The van der Waals surface area contributed by atoms with Crippen LogP contribution in [0.15, 0.2) is 59.5 Å². The number of nitrogens with zero attached hydrogens (tertiary/aromatic N) is 2. The van der Waals surface area contributed by atoms with E-state index < -0.39 is 10.7 Å². The molecular weight excluding hydrogens is 435 g/mol. The fourth-order valence-corrected chi connectivity index (χ4v) is 3.68. The Hall–Kier alpha value is -2.32. The van der Waals surface area contributed by atoms with Crippen LogP contribution in [0, 0.1) is 5.82 Å². The molecule has 0 bridgehead atoms. The smallest absolute Gasteiger partial charge is 0.267 e. The van der Waals surface area contributed by atoms with E-state index in [1.54, 1.807) is 30.5 Å². The van der Waals surface area contributed by atoms with E-state index in [0.717, 1.165) is 5.56 Å². The molecule has 1 heterocycles. The van der Waals surface area contributed by atoms with Crippen LogP contribution in [0.2, 0.25) is 0 Å². The molecule has 3 aromatic rings. The molecule has 140 valence electrons. The number of hydrogen-bond acceptors (Lipinski definition) is 4. The van der Waals surface area contributed by atoms with Crippen molar-refractivity contribution in [3.05, 3.63) is 82.0 Å². The standard InChI is InChI=1S/C19H16BrFN2O3S/c20-10-9-17-18(14-3-1-13(2-4-14)12-27(25)26)11-22-23(19(17)24)16-7-5-15(21)6-8-16/h1-8,11,27H,9-10,12H2. The van der Waals surface area contributed by atoms with Gasteiger partial charge in [0.1, 0.15) is 16.5 Å². The zero-order valence-corrected chi connectivity index (χ0v) is 16.6. The van der Waals surface area contributed by atoms with Gasteiger partial charge >= 0.3 is 0 Å². The highest BCUT2D eigenvalue weighted by Gasteiger charge is 2.14. The quantitative estimate of drug-likeness (QED) is 0.462. The minimum absolute atomic E-state index is 0.0196. The summed E-state index contributed by atoms with van der Waals surface area (Å²) in [6.07, 6.45) is 2.10. The van der Waals surface area contributed by atoms with Crippen LogP contribution < -0.4 is 5.56 Å². The molecular formula is C19H16BrFN2O3S. The zero-order valence-electron chi connectivity index (χ0n) is 14.1. The minimum Gasteiger partial charge on any atom is -0.267 e. The van der Waals surface area contributed by atoms with E-state index in [0.29, 0.717) is 34.1 Å². The minimum atomic E-state index is -2.49. The van der Waals surface area contributed by atoms with Crippen LogP contribution in [0.5, 0.6) is 0 Å². The second-order valence-electron chi connectivity index (χ2n) is 5.86. The molecule has 0 atom stereocenters. The number of hydrogen-bond donors (Lipinski definition) is 1. The maximum Gasteiger partial charge on any atom is 0.275 e. The van der Waals surface area contributed by atoms with Gasteiger partial charge in [-0.1, -0.05) is 40.2 Å². The summed E-state index contributed by atoms with van der Waals surface area (Å²) in [7, 11) is -2.49. The van der Waals surface area contributed by atoms with Crippen molar-refractivity contribution < 1.29 is 12.8 Å². The second-order valence-corrected chi connectivity index (χ2v) is 7.63. The average molecular weight is 451 g/mol. The molecule has 2 aromatic carbocycles. The molecule has 0 N–H and O–H groups in total. The Bertz CT molecular complexity index is 1070. The number of aromatic nitrogens is 2. The maximum atomic E-state index is 13.1. The number of alkyl halides is 1. The van der Waals surface area contributed by atoms with Crippen LogP contribution >= 0.6 is 15.9 Å². The van der Waals surface area contributed by atoms with Crippen molar-refractivity contribution in [3.63, 3.8) is 0 Å². The van der Waals surface area contributed by atoms with Gasteiger partial charge in [0, 0.05) is 16.5 Å². The third-order valence-corrected chi connectivity index (χ3v) is 5.09. The van der Waals surface area contributed by atoms with Gasteiger partial charge in [-0.25, -0.2) is 12.8 Å². The maximum absolute atomic E-state index is 13.1. The van der Waals surface area contributed by atoms with E-state index in [9.17, 15) is 17.6 Å².